The van der Waals surface area contributed by atoms with Crippen LogP contribution in [0.3, 0.4) is 0 Å². The highest BCUT2D eigenvalue weighted by Crippen LogP contribution is 2.58. The summed E-state index contributed by atoms with van der Waals surface area (Å²) in [4.78, 5) is 20.6. The van der Waals surface area contributed by atoms with Crippen LogP contribution in [0.5, 0.6) is 0 Å². The van der Waals surface area contributed by atoms with E-state index in [1.54, 1.807) is 0 Å². The van der Waals surface area contributed by atoms with Gasteiger partial charge in [0, 0.05) is 44.7 Å². The fourth-order valence-corrected chi connectivity index (χ4v) is 10.8. The van der Waals surface area contributed by atoms with Crippen LogP contribution in [-0.2, 0) is 15.6 Å². The summed E-state index contributed by atoms with van der Waals surface area (Å²) in [6.07, 6.45) is -0.494. The number of nitrogens with zero attached hydrogens (tertiary/aromatic N) is 3. The van der Waals surface area contributed by atoms with Gasteiger partial charge >= 0.3 is 6.09 Å². The maximum atomic E-state index is 16.0. The average Bonchev–Trinajstić information content (AvgIpc) is 3.89. The molecule has 8 aromatic carbocycles. The van der Waals surface area contributed by atoms with E-state index in [1.165, 1.54) is 44.5 Å². The van der Waals surface area contributed by atoms with Crippen molar-refractivity contribution >= 4 is 40.5 Å². The Balaban J connectivity index is 1.30. The van der Waals surface area contributed by atoms with Gasteiger partial charge in [-0.2, -0.15) is 0 Å². The Labute approximate surface area is 400 Å². The van der Waals surface area contributed by atoms with Gasteiger partial charge in [0.2, 0.25) is 0 Å². The van der Waals surface area contributed by atoms with Gasteiger partial charge in [0.15, 0.2) is 0 Å². The van der Waals surface area contributed by atoms with E-state index in [9.17, 15) is 0 Å². The molecule has 11 rings (SSSR count). The third kappa shape index (κ3) is 6.95. The number of hydrogen-bond acceptors (Lipinski definition) is 4. The van der Waals surface area contributed by atoms with Crippen LogP contribution in [-0.4, -0.2) is 16.3 Å². The number of para-hydroxylation sites is 2. The lowest BCUT2D eigenvalue weighted by Crippen LogP contribution is -2.31. The summed E-state index contributed by atoms with van der Waals surface area (Å²) >= 11 is 0. The molecule has 0 spiro atoms. The number of aromatic nitrogens is 1. The van der Waals surface area contributed by atoms with Crippen LogP contribution in [0.1, 0.15) is 70.7 Å². The zero-order chi connectivity index (χ0) is 47.0. The second-order valence-electron chi connectivity index (χ2n) is 20.1. The average molecular weight is 886 g/mol. The molecule has 5 nitrogen and oxygen atoms in total. The molecule has 0 saturated heterocycles. The summed E-state index contributed by atoms with van der Waals surface area (Å²) in [7, 11) is 0. The zero-order valence-electron chi connectivity index (χ0n) is 39.8. The van der Waals surface area contributed by atoms with Crippen LogP contribution < -0.4 is 9.80 Å². The second-order valence-corrected chi connectivity index (χ2v) is 20.1. The Hall–Kier alpha value is -7.89. The van der Waals surface area contributed by atoms with Gasteiger partial charge in [-0.25, -0.2) is 9.36 Å². The Bertz CT molecular complexity index is 3150. The van der Waals surface area contributed by atoms with Crippen LogP contribution in [0.15, 0.2) is 206 Å². The third-order valence-electron chi connectivity index (χ3n) is 13.9. The third-order valence-corrected chi connectivity index (χ3v) is 13.9. The quantitative estimate of drug-likeness (QED) is 0.152. The van der Waals surface area contributed by atoms with Crippen molar-refractivity contribution in [2.75, 3.05) is 9.80 Å². The smallest absolute Gasteiger partial charge is 0.421 e. The first kappa shape index (κ1) is 42.7. The van der Waals surface area contributed by atoms with E-state index in [0.717, 1.165) is 45.0 Å². The standard InChI is InChI=1S/C63H55N3O2/c1-61(2,3)68-60(67)66-58(64(44-28-16-10-17-29-44)46-36-38-50-48-32-20-22-34-52(48)62(4,5)54(50)40-46)56(42-24-12-8-13-25-42)57(43-26-14-9-15-27-43)59(66)65(45-30-18-11-19-31-45)47-37-39-51-49-33-21-23-35-53(49)63(6,7)55(51)41-47/h8-41H,1-7H3. The predicted molar refractivity (Wildman–Crippen MR) is 281 cm³/mol. The largest absolute Gasteiger partial charge is 0.443 e. The maximum Gasteiger partial charge on any atom is 0.421 e. The molecular weight excluding hydrogens is 831 g/mol. The molecular formula is C63H55N3O2. The van der Waals surface area contributed by atoms with E-state index < -0.39 is 11.7 Å². The van der Waals surface area contributed by atoms with Gasteiger partial charge in [-0.3, -0.25) is 9.80 Å². The predicted octanol–water partition coefficient (Wildman–Crippen LogP) is 17.2. The fraction of sp³-hybridized carbons (Fsp3) is 0.159. The molecule has 0 saturated carbocycles. The Morgan fingerprint density at radius 3 is 1.13 bits per heavy atom. The minimum Gasteiger partial charge on any atom is -0.443 e. The van der Waals surface area contributed by atoms with Crippen molar-refractivity contribution in [2.45, 2.75) is 64.9 Å². The molecule has 0 N–H and O–H groups in total. The molecule has 0 aliphatic heterocycles. The van der Waals surface area contributed by atoms with Crippen LogP contribution in [0, 0.1) is 0 Å². The van der Waals surface area contributed by atoms with E-state index in [4.69, 9.17) is 4.74 Å². The summed E-state index contributed by atoms with van der Waals surface area (Å²) in [5.41, 5.74) is 15.9. The molecule has 1 heterocycles. The summed E-state index contributed by atoms with van der Waals surface area (Å²) in [6, 6.07) is 73.0. The van der Waals surface area contributed by atoms with Gasteiger partial charge in [-0.15, -0.1) is 0 Å². The highest BCUT2D eigenvalue weighted by Gasteiger charge is 2.41. The van der Waals surface area contributed by atoms with Gasteiger partial charge in [0.1, 0.15) is 17.2 Å². The van der Waals surface area contributed by atoms with Crippen molar-refractivity contribution in [3.05, 3.63) is 229 Å². The summed E-state index contributed by atoms with van der Waals surface area (Å²) in [6.45, 7) is 15.1. The van der Waals surface area contributed by atoms with Gasteiger partial charge in [0.05, 0.1) is 0 Å². The first-order chi connectivity index (χ1) is 32.8. The molecule has 1 aromatic heterocycles. The van der Waals surface area contributed by atoms with E-state index >= 15 is 4.79 Å². The second kappa shape index (κ2) is 16.2. The molecule has 0 fully saturated rings. The Morgan fingerprint density at radius 1 is 0.412 bits per heavy atom. The minimum absolute atomic E-state index is 0.273. The molecule has 9 aromatic rings. The Morgan fingerprint density at radius 2 is 0.750 bits per heavy atom. The van der Waals surface area contributed by atoms with Gasteiger partial charge in [-0.1, -0.05) is 185 Å². The van der Waals surface area contributed by atoms with E-state index in [0.29, 0.717) is 11.6 Å². The lowest BCUT2D eigenvalue weighted by molar-refractivity contribution is 0.0543. The minimum atomic E-state index is -0.836. The van der Waals surface area contributed by atoms with E-state index in [-0.39, 0.29) is 10.8 Å². The molecule has 5 heteroatoms. The normalized spacial score (nSPS) is 13.8. The van der Waals surface area contributed by atoms with Crippen molar-refractivity contribution in [3.8, 4) is 44.5 Å². The van der Waals surface area contributed by atoms with Crippen LogP contribution >= 0.6 is 0 Å². The van der Waals surface area contributed by atoms with Gasteiger partial charge in [0.25, 0.3) is 0 Å². The van der Waals surface area contributed by atoms with Crippen molar-refractivity contribution in [3.63, 3.8) is 0 Å². The van der Waals surface area contributed by atoms with Crippen LogP contribution in [0.4, 0.5) is 39.2 Å². The van der Waals surface area contributed by atoms with Gasteiger partial charge in [-0.05, 0) is 125 Å². The number of rotatable bonds is 8. The molecule has 2 aliphatic rings. The maximum absolute atomic E-state index is 16.0. The highest BCUT2D eigenvalue weighted by atomic mass is 16.6. The molecule has 0 bridgehead atoms. The van der Waals surface area contributed by atoms with E-state index in [1.807, 2.05) is 49.6 Å². The number of carbonyl (C=O) groups is 1. The highest BCUT2D eigenvalue weighted by molar-refractivity contribution is 6.09. The number of benzene rings is 8. The summed E-state index contributed by atoms with van der Waals surface area (Å²) in [5.74, 6) is 1.32. The molecule has 0 unspecified atom stereocenters. The lowest BCUT2D eigenvalue weighted by Gasteiger charge is -2.32. The van der Waals surface area contributed by atoms with Gasteiger partial charge < -0.3 is 4.74 Å². The topological polar surface area (TPSA) is 37.7 Å². The zero-order valence-corrected chi connectivity index (χ0v) is 39.8. The fourth-order valence-electron chi connectivity index (χ4n) is 10.8. The van der Waals surface area contributed by atoms with Crippen molar-refractivity contribution in [1.29, 1.82) is 0 Å². The first-order valence-corrected chi connectivity index (χ1v) is 23.6. The number of fused-ring (bicyclic) bond motifs is 6. The molecule has 0 amide bonds. The van der Waals surface area contributed by atoms with Crippen LogP contribution in [0.25, 0.3) is 44.5 Å². The summed E-state index contributed by atoms with van der Waals surface area (Å²) in [5, 5.41) is 0. The number of hydrogen-bond donors (Lipinski definition) is 0. The molecule has 0 atom stereocenters. The molecule has 334 valence electrons. The van der Waals surface area contributed by atoms with Crippen molar-refractivity contribution in [1.82, 2.24) is 4.57 Å². The lowest BCUT2D eigenvalue weighted by atomic mass is 9.82. The molecule has 68 heavy (non-hydrogen) atoms. The van der Waals surface area contributed by atoms with Crippen molar-refractivity contribution in [2.24, 2.45) is 0 Å². The monoisotopic (exact) mass is 885 g/mol. The number of ether oxygens (including phenoxy) is 1. The van der Waals surface area contributed by atoms with E-state index in [2.05, 4.69) is 219 Å². The Kier molecular flexibility index (Phi) is 10.2. The number of anilines is 6. The SMILES string of the molecule is CC(C)(C)OC(=O)n1c(N(c2ccccc2)c2ccc3c(c2)C(C)(C)c2ccccc2-3)c(-c2ccccc2)c(-c2ccccc2)c1N(c1ccccc1)c1ccc2c(c1)C(C)(C)c1ccccc1-2. The molecule has 2 aliphatic carbocycles. The van der Waals surface area contributed by atoms with Crippen molar-refractivity contribution < 1.29 is 9.53 Å². The first-order valence-electron chi connectivity index (χ1n) is 23.6. The molecule has 0 radical (unpaired) electrons. The summed E-state index contributed by atoms with van der Waals surface area (Å²) < 4.78 is 8.52. The van der Waals surface area contributed by atoms with Crippen LogP contribution in [0.2, 0.25) is 0 Å². The number of carbonyl (C=O) groups excluding carboxylic acids is 1.